The molecule has 0 spiro atoms. The highest BCUT2D eigenvalue weighted by Crippen LogP contribution is 2.33. The fraction of sp³-hybridized carbons (Fsp3) is 0.429. The summed E-state index contributed by atoms with van der Waals surface area (Å²) in [6.07, 6.45) is 1.33. The number of rotatable bonds is 10. The number of nitrogens with zero attached hydrogens (tertiary/aromatic N) is 2. The summed E-state index contributed by atoms with van der Waals surface area (Å²) >= 11 is 1.48. The largest absolute Gasteiger partial charge is 0.507 e. The molecule has 204 valence electrons. The number of anilines is 1. The lowest BCUT2D eigenvalue weighted by molar-refractivity contribution is -0.140. The molecule has 3 amide bonds. The Hall–Kier alpha value is -3.71. The number of thioether (sulfide) groups is 1. The van der Waals surface area contributed by atoms with Gasteiger partial charge in [0.25, 0.3) is 5.91 Å². The van der Waals surface area contributed by atoms with Crippen molar-refractivity contribution in [3.63, 3.8) is 0 Å². The lowest BCUT2D eigenvalue weighted by Gasteiger charge is -2.33. The number of ether oxygens (including phenoxy) is 1. The van der Waals surface area contributed by atoms with Gasteiger partial charge in [0.2, 0.25) is 5.91 Å². The number of carbonyl (C=O) groups excluding carboxylic acids is 3. The van der Waals surface area contributed by atoms with Crippen LogP contribution in [-0.4, -0.2) is 58.1 Å². The number of amides is 3. The van der Waals surface area contributed by atoms with Gasteiger partial charge in [-0.2, -0.15) is 17.0 Å². The predicted octanol–water partition coefficient (Wildman–Crippen LogP) is 4.69. The first kappa shape index (κ1) is 30.5. The Morgan fingerprint density at radius 2 is 1.76 bits per heavy atom. The Labute approximate surface area is 228 Å². The Kier molecular flexibility index (Phi) is 11.0. The van der Waals surface area contributed by atoms with Crippen molar-refractivity contribution in [2.75, 3.05) is 23.9 Å². The summed E-state index contributed by atoms with van der Waals surface area (Å²) in [6, 6.07) is 11.6. The van der Waals surface area contributed by atoms with Gasteiger partial charge >= 0.3 is 6.09 Å². The van der Waals surface area contributed by atoms with Crippen LogP contribution < -0.4 is 10.6 Å². The zero-order valence-electron chi connectivity index (χ0n) is 22.7. The van der Waals surface area contributed by atoms with E-state index in [0.717, 1.165) is 10.5 Å². The number of nitrogens with one attached hydrogen (secondary N) is 2. The average molecular weight is 541 g/mol. The van der Waals surface area contributed by atoms with E-state index < -0.39 is 42.1 Å². The first-order valence-corrected chi connectivity index (χ1v) is 13.6. The van der Waals surface area contributed by atoms with Gasteiger partial charge in [-0.15, -0.1) is 0 Å². The van der Waals surface area contributed by atoms with Gasteiger partial charge in [0.15, 0.2) is 0 Å². The summed E-state index contributed by atoms with van der Waals surface area (Å²) in [7, 11) is 0. The molecule has 0 aliphatic carbocycles. The summed E-state index contributed by atoms with van der Waals surface area (Å²) in [6.45, 7) is 8.18. The summed E-state index contributed by atoms with van der Waals surface area (Å²) in [4.78, 5) is 41.3. The molecule has 0 aromatic heterocycles. The summed E-state index contributed by atoms with van der Waals surface area (Å²) in [5, 5.41) is 26.0. The molecule has 2 unspecified atom stereocenters. The van der Waals surface area contributed by atoms with E-state index in [1.807, 2.05) is 31.4 Å². The van der Waals surface area contributed by atoms with Gasteiger partial charge in [0, 0.05) is 11.3 Å². The smallest absolute Gasteiger partial charge is 0.408 e. The second kappa shape index (κ2) is 13.7. The lowest BCUT2D eigenvalue weighted by atomic mass is 9.98. The third-order valence-corrected chi connectivity index (χ3v) is 6.29. The highest BCUT2D eigenvalue weighted by atomic mass is 32.2. The topological polar surface area (TPSA) is 132 Å². The number of hydrogen-bond donors (Lipinski definition) is 3. The molecule has 10 heteroatoms. The van der Waals surface area contributed by atoms with E-state index in [0.29, 0.717) is 17.0 Å². The van der Waals surface area contributed by atoms with Gasteiger partial charge in [-0.1, -0.05) is 36.4 Å². The van der Waals surface area contributed by atoms with Crippen LogP contribution in [0, 0.1) is 25.2 Å². The molecular weight excluding hydrogens is 504 g/mol. The molecule has 9 nitrogen and oxygen atoms in total. The third-order valence-electron chi connectivity index (χ3n) is 5.65. The van der Waals surface area contributed by atoms with Gasteiger partial charge in [0.05, 0.1) is 6.07 Å². The molecule has 0 bridgehead atoms. The molecule has 0 heterocycles. The van der Waals surface area contributed by atoms with Crippen LogP contribution in [0.4, 0.5) is 10.5 Å². The van der Waals surface area contributed by atoms with E-state index in [9.17, 15) is 24.8 Å². The molecule has 0 fully saturated rings. The summed E-state index contributed by atoms with van der Waals surface area (Å²) in [5.74, 6) is -0.876. The van der Waals surface area contributed by atoms with Crippen molar-refractivity contribution in [1.29, 1.82) is 5.26 Å². The lowest BCUT2D eigenvalue weighted by Crippen LogP contribution is -2.52. The molecular formula is C28H36N4O5S. The summed E-state index contributed by atoms with van der Waals surface area (Å²) < 4.78 is 5.35. The van der Waals surface area contributed by atoms with Crippen LogP contribution in [0.2, 0.25) is 0 Å². The minimum absolute atomic E-state index is 0.158. The van der Waals surface area contributed by atoms with Crippen molar-refractivity contribution in [1.82, 2.24) is 10.2 Å². The number of para-hydroxylation sites is 2. The van der Waals surface area contributed by atoms with Crippen molar-refractivity contribution < 1.29 is 24.2 Å². The van der Waals surface area contributed by atoms with Gasteiger partial charge < -0.3 is 25.4 Å². The Morgan fingerprint density at radius 3 is 2.37 bits per heavy atom. The van der Waals surface area contributed by atoms with Crippen molar-refractivity contribution in [2.45, 2.75) is 58.7 Å². The monoisotopic (exact) mass is 540 g/mol. The number of aromatic hydroxyl groups is 1. The van der Waals surface area contributed by atoms with Crippen molar-refractivity contribution >= 4 is 35.4 Å². The summed E-state index contributed by atoms with van der Waals surface area (Å²) in [5.41, 5.74) is 1.22. The van der Waals surface area contributed by atoms with Crippen LogP contribution in [-0.2, 0) is 14.3 Å². The Morgan fingerprint density at radius 1 is 1.11 bits per heavy atom. The number of carbonyl (C=O) groups is 3. The highest BCUT2D eigenvalue weighted by Gasteiger charge is 2.37. The SMILES string of the molecule is CSCCC(NC(=O)OC(C)(C)C)C(=O)N(CC#N)C(C(=O)Nc1ccccc1C)c1cccc(C)c1O. The minimum atomic E-state index is -1.35. The normalized spacial score (nSPS) is 12.6. The first-order valence-electron chi connectivity index (χ1n) is 12.2. The third kappa shape index (κ3) is 8.42. The zero-order valence-corrected chi connectivity index (χ0v) is 23.5. The van der Waals surface area contributed by atoms with Crippen molar-refractivity contribution in [2.24, 2.45) is 0 Å². The number of hydrogen-bond acceptors (Lipinski definition) is 7. The van der Waals surface area contributed by atoms with Crippen LogP contribution in [0.25, 0.3) is 0 Å². The van der Waals surface area contributed by atoms with Crippen LogP contribution in [0.1, 0.15) is 49.9 Å². The molecule has 2 aromatic rings. The fourth-order valence-electron chi connectivity index (χ4n) is 3.78. The number of alkyl carbamates (subject to hydrolysis) is 1. The second-order valence-corrected chi connectivity index (χ2v) is 10.8. The average Bonchev–Trinajstić information content (AvgIpc) is 2.83. The first-order chi connectivity index (χ1) is 17.9. The molecule has 2 rings (SSSR count). The molecule has 0 aliphatic heterocycles. The highest BCUT2D eigenvalue weighted by molar-refractivity contribution is 7.98. The zero-order chi connectivity index (χ0) is 28.5. The minimum Gasteiger partial charge on any atom is -0.507 e. The number of phenolic OH excluding ortho intramolecular Hbond substituents is 1. The number of benzene rings is 2. The van der Waals surface area contributed by atoms with Crippen LogP contribution in [0.3, 0.4) is 0 Å². The standard InChI is InChI=1S/C28H36N4O5S/c1-18-10-7-8-13-21(18)30-25(34)23(20-12-9-11-19(2)24(20)33)32(16-15-29)26(35)22(14-17-38-6)31-27(36)37-28(3,4)5/h7-13,22-23,33H,14,16-17H2,1-6H3,(H,30,34)(H,31,36). The van der Waals surface area contributed by atoms with Gasteiger partial charge in [-0.25, -0.2) is 4.79 Å². The molecule has 38 heavy (non-hydrogen) atoms. The Balaban J connectivity index is 2.56. The molecule has 0 saturated carbocycles. The molecule has 2 atom stereocenters. The molecule has 0 aliphatic rings. The second-order valence-electron chi connectivity index (χ2n) is 9.82. The van der Waals surface area contributed by atoms with E-state index in [1.165, 1.54) is 11.8 Å². The van der Waals surface area contributed by atoms with Gasteiger partial charge in [-0.3, -0.25) is 9.59 Å². The molecule has 0 radical (unpaired) electrons. The van der Waals surface area contributed by atoms with E-state index in [1.54, 1.807) is 58.0 Å². The number of aryl methyl sites for hydroxylation is 2. The predicted molar refractivity (Wildman–Crippen MR) is 149 cm³/mol. The molecule has 0 saturated heterocycles. The van der Waals surface area contributed by atoms with E-state index in [2.05, 4.69) is 10.6 Å². The van der Waals surface area contributed by atoms with E-state index in [4.69, 9.17) is 4.74 Å². The van der Waals surface area contributed by atoms with Crippen LogP contribution in [0.15, 0.2) is 42.5 Å². The maximum Gasteiger partial charge on any atom is 0.408 e. The van der Waals surface area contributed by atoms with Crippen LogP contribution in [0.5, 0.6) is 5.75 Å². The Bertz CT molecular complexity index is 1190. The number of phenols is 1. The van der Waals surface area contributed by atoms with Crippen LogP contribution >= 0.6 is 11.8 Å². The van der Waals surface area contributed by atoms with Gasteiger partial charge in [0.1, 0.15) is 30.0 Å². The molecule has 2 aromatic carbocycles. The fourth-order valence-corrected chi connectivity index (χ4v) is 4.25. The van der Waals surface area contributed by atoms with Crippen molar-refractivity contribution in [3.05, 3.63) is 59.2 Å². The van der Waals surface area contributed by atoms with Gasteiger partial charge in [-0.05, 0) is 70.2 Å². The van der Waals surface area contributed by atoms with E-state index >= 15 is 0 Å². The van der Waals surface area contributed by atoms with Crippen molar-refractivity contribution in [3.8, 4) is 11.8 Å². The molecule has 3 N–H and O–H groups in total. The van der Waals surface area contributed by atoms with E-state index in [-0.39, 0.29) is 17.7 Å². The maximum absolute atomic E-state index is 13.9. The quantitative estimate of drug-likeness (QED) is 0.373. The maximum atomic E-state index is 13.9. The number of nitriles is 1.